The maximum atomic E-state index is 12.5. The molecule has 1 N–H and O–H groups in total. The van der Waals surface area contributed by atoms with E-state index >= 15 is 0 Å². The number of anilines is 1. The average molecular weight is 282 g/mol. The van der Waals surface area contributed by atoms with Crippen molar-refractivity contribution in [3.63, 3.8) is 0 Å². The Morgan fingerprint density at radius 3 is 2.43 bits per heavy atom. The first kappa shape index (κ1) is 15.1. The van der Waals surface area contributed by atoms with Gasteiger partial charge >= 0.3 is 0 Å². The van der Waals surface area contributed by atoms with Gasteiger partial charge < -0.3 is 10.2 Å². The first-order valence-corrected chi connectivity index (χ1v) is 7.28. The van der Waals surface area contributed by atoms with Gasteiger partial charge in [0.15, 0.2) is 0 Å². The number of benzene rings is 2. The molecule has 0 bridgehead atoms. The van der Waals surface area contributed by atoms with Crippen LogP contribution in [0, 0.1) is 0 Å². The summed E-state index contributed by atoms with van der Waals surface area (Å²) in [5, 5.41) is 3.07. The van der Waals surface area contributed by atoms with Gasteiger partial charge in [-0.2, -0.15) is 0 Å². The smallest absolute Gasteiger partial charge is 0.255 e. The van der Waals surface area contributed by atoms with Crippen molar-refractivity contribution in [2.75, 3.05) is 26.0 Å². The molecule has 0 spiro atoms. The Bertz CT molecular complexity index is 581. The SMILES string of the molecule is CNc1ccccc1C(=O)N(C)CCCc1ccccc1. The van der Waals surface area contributed by atoms with Crippen molar-refractivity contribution in [3.05, 3.63) is 65.7 Å². The van der Waals surface area contributed by atoms with Crippen LogP contribution in [0.2, 0.25) is 0 Å². The molecule has 2 aromatic carbocycles. The molecule has 0 saturated carbocycles. The minimum atomic E-state index is 0.0630. The molecule has 0 aliphatic rings. The molecular weight excluding hydrogens is 260 g/mol. The molecule has 0 aliphatic heterocycles. The molecule has 3 nitrogen and oxygen atoms in total. The van der Waals surface area contributed by atoms with Crippen LogP contribution in [0.15, 0.2) is 54.6 Å². The highest BCUT2D eigenvalue weighted by atomic mass is 16.2. The molecule has 0 unspecified atom stereocenters. The van der Waals surface area contributed by atoms with Crippen LogP contribution in [0.3, 0.4) is 0 Å². The zero-order valence-corrected chi connectivity index (χ0v) is 12.7. The van der Waals surface area contributed by atoms with Gasteiger partial charge in [0.1, 0.15) is 0 Å². The van der Waals surface area contributed by atoms with E-state index in [9.17, 15) is 4.79 Å². The van der Waals surface area contributed by atoms with Crippen molar-refractivity contribution in [1.82, 2.24) is 4.90 Å². The number of para-hydroxylation sites is 1. The molecule has 3 heteroatoms. The Labute approximate surface area is 126 Å². The number of rotatable bonds is 6. The predicted molar refractivity (Wildman–Crippen MR) is 87.7 cm³/mol. The van der Waals surface area contributed by atoms with Gasteiger partial charge in [0, 0.05) is 26.3 Å². The van der Waals surface area contributed by atoms with Gasteiger partial charge in [0.2, 0.25) is 0 Å². The van der Waals surface area contributed by atoms with Crippen molar-refractivity contribution in [2.24, 2.45) is 0 Å². The van der Waals surface area contributed by atoms with Gasteiger partial charge in [-0.1, -0.05) is 42.5 Å². The fraction of sp³-hybridized carbons (Fsp3) is 0.278. The van der Waals surface area contributed by atoms with E-state index in [2.05, 4.69) is 17.4 Å². The maximum absolute atomic E-state index is 12.5. The third-order valence-corrected chi connectivity index (χ3v) is 3.58. The lowest BCUT2D eigenvalue weighted by molar-refractivity contribution is 0.0794. The summed E-state index contributed by atoms with van der Waals surface area (Å²) in [5.41, 5.74) is 2.91. The third-order valence-electron chi connectivity index (χ3n) is 3.58. The molecule has 1 amide bonds. The summed E-state index contributed by atoms with van der Waals surface area (Å²) < 4.78 is 0. The van der Waals surface area contributed by atoms with Crippen molar-refractivity contribution in [1.29, 1.82) is 0 Å². The molecule has 2 rings (SSSR count). The standard InChI is InChI=1S/C18H22N2O/c1-19-17-13-7-6-12-16(17)18(21)20(2)14-8-11-15-9-4-3-5-10-15/h3-7,9-10,12-13,19H,8,11,14H2,1-2H3. The molecule has 0 aliphatic carbocycles. The van der Waals surface area contributed by atoms with Crippen LogP contribution in [0.1, 0.15) is 22.3 Å². The lowest BCUT2D eigenvalue weighted by Gasteiger charge is -2.19. The quantitative estimate of drug-likeness (QED) is 0.880. The lowest BCUT2D eigenvalue weighted by Crippen LogP contribution is -2.28. The van der Waals surface area contributed by atoms with E-state index in [0.717, 1.165) is 30.6 Å². The summed E-state index contributed by atoms with van der Waals surface area (Å²) in [6.07, 6.45) is 1.96. The Balaban J connectivity index is 1.91. The molecule has 0 aromatic heterocycles. The summed E-state index contributed by atoms with van der Waals surface area (Å²) >= 11 is 0. The molecule has 0 atom stereocenters. The number of aryl methyl sites for hydroxylation is 1. The fourth-order valence-corrected chi connectivity index (χ4v) is 2.36. The van der Waals surface area contributed by atoms with Crippen LogP contribution in [-0.2, 0) is 6.42 Å². The minimum absolute atomic E-state index is 0.0630. The van der Waals surface area contributed by atoms with Gasteiger partial charge in [-0.25, -0.2) is 0 Å². The van der Waals surface area contributed by atoms with Crippen LogP contribution in [0.5, 0.6) is 0 Å². The Hall–Kier alpha value is -2.29. The van der Waals surface area contributed by atoms with Crippen molar-refractivity contribution >= 4 is 11.6 Å². The average Bonchev–Trinajstić information content (AvgIpc) is 2.55. The zero-order valence-electron chi connectivity index (χ0n) is 12.7. The number of carbonyl (C=O) groups is 1. The first-order valence-electron chi connectivity index (χ1n) is 7.28. The van der Waals surface area contributed by atoms with Crippen LogP contribution < -0.4 is 5.32 Å². The molecule has 0 saturated heterocycles. The highest BCUT2D eigenvalue weighted by Gasteiger charge is 2.14. The minimum Gasteiger partial charge on any atom is -0.387 e. The number of carbonyl (C=O) groups excluding carboxylic acids is 1. The molecule has 2 aromatic rings. The summed E-state index contributed by atoms with van der Waals surface area (Å²) in [5.74, 6) is 0.0630. The maximum Gasteiger partial charge on any atom is 0.255 e. The van der Waals surface area contributed by atoms with E-state index in [4.69, 9.17) is 0 Å². The van der Waals surface area contributed by atoms with Crippen molar-refractivity contribution < 1.29 is 4.79 Å². The summed E-state index contributed by atoms with van der Waals surface area (Å²) in [4.78, 5) is 14.2. The number of hydrogen-bond donors (Lipinski definition) is 1. The second-order valence-corrected chi connectivity index (χ2v) is 5.11. The van der Waals surface area contributed by atoms with E-state index in [0.29, 0.717) is 0 Å². The third kappa shape index (κ3) is 4.09. The van der Waals surface area contributed by atoms with Gasteiger partial charge in [-0.3, -0.25) is 4.79 Å². The van der Waals surface area contributed by atoms with E-state index in [1.54, 1.807) is 4.90 Å². The second-order valence-electron chi connectivity index (χ2n) is 5.11. The Morgan fingerprint density at radius 2 is 1.71 bits per heavy atom. The summed E-state index contributed by atoms with van der Waals surface area (Å²) in [6, 6.07) is 18.0. The van der Waals surface area contributed by atoms with Crippen LogP contribution >= 0.6 is 0 Å². The predicted octanol–water partition coefficient (Wildman–Crippen LogP) is 3.43. The van der Waals surface area contributed by atoms with E-state index < -0.39 is 0 Å². The molecule has 0 fully saturated rings. The number of nitrogens with one attached hydrogen (secondary N) is 1. The lowest BCUT2D eigenvalue weighted by atomic mass is 10.1. The largest absolute Gasteiger partial charge is 0.387 e. The van der Waals surface area contributed by atoms with E-state index in [-0.39, 0.29) is 5.91 Å². The zero-order chi connectivity index (χ0) is 15.1. The van der Waals surface area contributed by atoms with Gasteiger partial charge in [0.05, 0.1) is 5.56 Å². The number of amides is 1. The second kappa shape index (κ2) is 7.48. The van der Waals surface area contributed by atoms with E-state index in [1.165, 1.54) is 5.56 Å². The Morgan fingerprint density at radius 1 is 1.05 bits per heavy atom. The number of hydrogen-bond acceptors (Lipinski definition) is 2. The van der Waals surface area contributed by atoms with Gasteiger partial charge in [0.25, 0.3) is 5.91 Å². The monoisotopic (exact) mass is 282 g/mol. The van der Waals surface area contributed by atoms with Crippen molar-refractivity contribution in [2.45, 2.75) is 12.8 Å². The van der Waals surface area contributed by atoms with Gasteiger partial charge in [-0.05, 0) is 30.5 Å². The molecular formula is C18H22N2O. The van der Waals surface area contributed by atoms with Crippen LogP contribution in [0.25, 0.3) is 0 Å². The summed E-state index contributed by atoms with van der Waals surface area (Å²) in [6.45, 7) is 0.756. The normalized spacial score (nSPS) is 10.2. The van der Waals surface area contributed by atoms with Crippen LogP contribution in [0.4, 0.5) is 5.69 Å². The molecule has 0 radical (unpaired) electrons. The highest BCUT2D eigenvalue weighted by molar-refractivity contribution is 5.99. The Kier molecular flexibility index (Phi) is 5.38. The first-order chi connectivity index (χ1) is 10.2. The molecule has 110 valence electrons. The van der Waals surface area contributed by atoms with Gasteiger partial charge in [-0.15, -0.1) is 0 Å². The number of nitrogens with zero attached hydrogens (tertiary/aromatic N) is 1. The highest BCUT2D eigenvalue weighted by Crippen LogP contribution is 2.16. The molecule has 0 heterocycles. The summed E-state index contributed by atoms with van der Waals surface area (Å²) in [7, 11) is 3.70. The molecule has 21 heavy (non-hydrogen) atoms. The van der Waals surface area contributed by atoms with E-state index in [1.807, 2.05) is 56.6 Å². The van der Waals surface area contributed by atoms with Crippen LogP contribution in [-0.4, -0.2) is 31.4 Å². The van der Waals surface area contributed by atoms with Crippen molar-refractivity contribution in [3.8, 4) is 0 Å². The topological polar surface area (TPSA) is 32.3 Å². The fourth-order valence-electron chi connectivity index (χ4n) is 2.36.